The van der Waals surface area contributed by atoms with Crippen LogP contribution >= 0.6 is 0 Å². The van der Waals surface area contributed by atoms with Crippen molar-refractivity contribution in [3.63, 3.8) is 0 Å². The molecule has 0 aromatic carbocycles. The Labute approximate surface area is 123 Å². The standard InChI is InChI=1S/C14H19N3O4/c1-9-5-3-4-6-14(9)12(19)17(13(20)16-14)8-11(18)21-10(2)7-15/h9-10H,3-6,8H2,1-2H3,(H,16,20)/t9-,10-,14-/m0/s1. The number of imide groups is 1. The lowest BCUT2D eigenvalue weighted by atomic mass is 9.73. The van der Waals surface area contributed by atoms with Crippen molar-refractivity contribution in [3.8, 4) is 6.07 Å². The molecule has 1 spiro atoms. The number of amides is 3. The number of nitrogens with one attached hydrogen (secondary N) is 1. The van der Waals surface area contributed by atoms with Gasteiger partial charge in [-0.05, 0) is 25.7 Å². The first-order chi connectivity index (χ1) is 9.90. The Morgan fingerprint density at radius 3 is 2.90 bits per heavy atom. The average Bonchev–Trinajstić information content (AvgIpc) is 2.67. The fourth-order valence-electron chi connectivity index (χ4n) is 3.03. The van der Waals surface area contributed by atoms with Gasteiger partial charge in [-0.1, -0.05) is 19.8 Å². The predicted molar refractivity (Wildman–Crippen MR) is 71.8 cm³/mol. The monoisotopic (exact) mass is 293 g/mol. The van der Waals surface area contributed by atoms with Gasteiger partial charge in [-0.3, -0.25) is 14.5 Å². The van der Waals surface area contributed by atoms with E-state index in [2.05, 4.69) is 5.32 Å². The summed E-state index contributed by atoms with van der Waals surface area (Å²) in [4.78, 5) is 37.1. The third kappa shape index (κ3) is 2.71. The number of carbonyl (C=O) groups is 3. The Balaban J connectivity index is 2.09. The van der Waals surface area contributed by atoms with E-state index >= 15 is 0 Å². The molecule has 7 heteroatoms. The molecule has 0 radical (unpaired) electrons. The summed E-state index contributed by atoms with van der Waals surface area (Å²) in [7, 11) is 0. The van der Waals surface area contributed by atoms with E-state index < -0.39 is 30.2 Å². The molecule has 2 aliphatic rings. The number of esters is 1. The SMILES string of the molecule is C[C@@H](C#N)OC(=O)CN1C(=O)N[C@]2(CCCC[C@@H]2C)C1=O. The van der Waals surface area contributed by atoms with Gasteiger partial charge in [0.1, 0.15) is 18.2 Å². The van der Waals surface area contributed by atoms with Crippen molar-refractivity contribution < 1.29 is 19.1 Å². The van der Waals surface area contributed by atoms with E-state index in [0.717, 1.165) is 24.2 Å². The molecule has 1 saturated carbocycles. The zero-order chi connectivity index (χ0) is 15.6. The Morgan fingerprint density at radius 2 is 2.29 bits per heavy atom. The first-order valence-corrected chi connectivity index (χ1v) is 7.14. The van der Waals surface area contributed by atoms with Gasteiger partial charge in [0.2, 0.25) is 0 Å². The van der Waals surface area contributed by atoms with Crippen molar-refractivity contribution in [1.29, 1.82) is 5.26 Å². The fraction of sp³-hybridized carbons (Fsp3) is 0.714. The second-order valence-electron chi connectivity index (χ2n) is 5.70. The van der Waals surface area contributed by atoms with Gasteiger partial charge in [0.15, 0.2) is 6.10 Å². The van der Waals surface area contributed by atoms with Crippen LogP contribution in [-0.4, -0.2) is 41.0 Å². The van der Waals surface area contributed by atoms with E-state index in [9.17, 15) is 14.4 Å². The van der Waals surface area contributed by atoms with Crippen LogP contribution in [0.2, 0.25) is 0 Å². The summed E-state index contributed by atoms with van der Waals surface area (Å²) in [6, 6.07) is 1.20. The summed E-state index contributed by atoms with van der Waals surface area (Å²) < 4.78 is 4.79. The molecule has 0 unspecified atom stereocenters. The highest BCUT2D eigenvalue weighted by Gasteiger charge is 2.55. The molecule has 0 bridgehead atoms. The minimum atomic E-state index is -0.902. The number of hydrogen-bond acceptors (Lipinski definition) is 5. The number of nitrogens with zero attached hydrogens (tertiary/aromatic N) is 2. The summed E-state index contributed by atoms with van der Waals surface area (Å²) in [6.45, 7) is 2.91. The maximum absolute atomic E-state index is 12.6. The molecule has 3 atom stereocenters. The van der Waals surface area contributed by atoms with E-state index in [4.69, 9.17) is 10.00 Å². The second kappa shape index (κ2) is 5.72. The minimum Gasteiger partial charge on any atom is -0.446 e. The van der Waals surface area contributed by atoms with Crippen LogP contribution in [0, 0.1) is 17.2 Å². The Bertz CT molecular complexity index is 513. The van der Waals surface area contributed by atoms with Gasteiger partial charge in [-0.2, -0.15) is 5.26 Å². The van der Waals surface area contributed by atoms with E-state index in [1.807, 2.05) is 6.92 Å². The summed E-state index contributed by atoms with van der Waals surface area (Å²) >= 11 is 0. The molecule has 2 rings (SSSR count). The number of nitriles is 1. The number of ether oxygens (including phenoxy) is 1. The second-order valence-corrected chi connectivity index (χ2v) is 5.70. The smallest absolute Gasteiger partial charge is 0.327 e. The normalized spacial score (nSPS) is 30.0. The lowest BCUT2D eigenvalue weighted by Crippen LogP contribution is -2.54. The van der Waals surface area contributed by atoms with E-state index in [1.54, 1.807) is 6.07 Å². The molecule has 7 nitrogen and oxygen atoms in total. The van der Waals surface area contributed by atoms with Crippen molar-refractivity contribution in [1.82, 2.24) is 10.2 Å². The zero-order valence-corrected chi connectivity index (χ0v) is 12.2. The molecule has 0 aromatic rings. The maximum Gasteiger partial charge on any atom is 0.327 e. The van der Waals surface area contributed by atoms with Gasteiger partial charge in [0, 0.05) is 0 Å². The molecule has 1 aliphatic carbocycles. The molecule has 114 valence electrons. The van der Waals surface area contributed by atoms with Crippen LogP contribution in [0.15, 0.2) is 0 Å². The molecule has 1 N–H and O–H groups in total. The number of hydrogen-bond donors (Lipinski definition) is 1. The molecule has 21 heavy (non-hydrogen) atoms. The fourth-order valence-corrected chi connectivity index (χ4v) is 3.03. The van der Waals surface area contributed by atoms with Crippen molar-refractivity contribution in [2.45, 2.75) is 51.2 Å². The topological polar surface area (TPSA) is 99.5 Å². The van der Waals surface area contributed by atoms with Gasteiger partial charge in [0.25, 0.3) is 5.91 Å². The Hall–Kier alpha value is -2.10. The minimum absolute atomic E-state index is 0.0433. The van der Waals surface area contributed by atoms with Gasteiger partial charge < -0.3 is 10.1 Å². The van der Waals surface area contributed by atoms with Crippen LogP contribution in [0.5, 0.6) is 0 Å². The highest BCUT2D eigenvalue weighted by Crippen LogP contribution is 2.38. The largest absolute Gasteiger partial charge is 0.446 e. The lowest BCUT2D eigenvalue weighted by molar-refractivity contribution is -0.150. The summed E-state index contributed by atoms with van der Waals surface area (Å²) in [6.07, 6.45) is 2.48. The highest BCUT2D eigenvalue weighted by molar-refractivity contribution is 6.08. The molecule has 1 saturated heterocycles. The van der Waals surface area contributed by atoms with Crippen molar-refractivity contribution >= 4 is 17.9 Å². The summed E-state index contributed by atoms with van der Waals surface area (Å²) in [5.41, 5.74) is -0.879. The van der Waals surface area contributed by atoms with Crippen LogP contribution in [0.1, 0.15) is 39.5 Å². The van der Waals surface area contributed by atoms with Gasteiger partial charge in [0.05, 0.1) is 0 Å². The van der Waals surface area contributed by atoms with E-state index in [1.165, 1.54) is 6.92 Å². The summed E-state index contributed by atoms with van der Waals surface area (Å²) in [5.74, 6) is -1.07. The third-order valence-corrected chi connectivity index (χ3v) is 4.28. The number of urea groups is 1. The molecular weight excluding hydrogens is 274 g/mol. The third-order valence-electron chi connectivity index (χ3n) is 4.28. The van der Waals surface area contributed by atoms with E-state index in [0.29, 0.717) is 6.42 Å². The van der Waals surface area contributed by atoms with Gasteiger partial charge in [-0.15, -0.1) is 0 Å². The zero-order valence-electron chi connectivity index (χ0n) is 12.2. The molecule has 1 aliphatic heterocycles. The number of carbonyl (C=O) groups excluding carboxylic acids is 3. The average molecular weight is 293 g/mol. The van der Waals surface area contributed by atoms with Crippen molar-refractivity contribution in [3.05, 3.63) is 0 Å². The first kappa shape index (κ1) is 15.3. The van der Waals surface area contributed by atoms with Crippen LogP contribution in [-0.2, 0) is 14.3 Å². The highest BCUT2D eigenvalue weighted by atomic mass is 16.5. The van der Waals surface area contributed by atoms with Gasteiger partial charge in [-0.25, -0.2) is 4.79 Å². The van der Waals surface area contributed by atoms with Crippen LogP contribution in [0.25, 0.3) is 0 Å². The van der Waals surface area contributed by atoms with Crippen molar-refractivity contribution in [2.24, 2.45) is 5.92 Å². The van der Waals surface area contributed by atoms with Gasteiger partial charge >= 0.3 is 12.0 Å². The Kier molecular flexibility index (Phi) is 4.16. The molecule has 0 aromatic heterocycles. The maximum atomic E-state index is 12.6. The van der Waals surface area contributed by atoms with Crippen molar-refractivity contribution in [2.75, 3.05) is 6.54 Å². The number of rotatable bonds is 3. The predicted octanol–water partition coefficient (Wildman–Crippen LogP) is 0.942. The van der Waals surface area contributed by atoms with Crippen LogP contribution in [0.3, 0.4) is 0 Å². The molecule has 3 amide bonds. The first-order valence-electron chi connectivity index (χ1n) is 7.14. The molecular formula is C14H19N3O4. The molecule has 2 fully saturated rings. The van der Waals surface area contributed by atoms with E-state index in [-0.39, 0.29) is 11.8 Å². The summed E-state index contributed by atoms with van der Waals surface area (Å²) in [5, 5.41) is 11.4. The molecule has 1 heterocycles. The Morgan fingerprint density at radius 1 is 1.57 bits per heavy atom. The van der Waals surface area contributed by atoms with Crippen LogP contribution in [0.4, 0.5) is 4.79 Å². The quantitative estimate of drug-likeness (QED) is 0.616. The lowest BCUT2D eigenvalue weighted by Gasteiger charge is -2.36. The van der Waals surface area contributed by atoms with Crippen LogP contribution < -0.4 is 5.32 Å².